The fourth-order valence-corrected chi connectivity index (χ4v) is 1.39. The SMILES string of the molecule is COCCOCCCC(C(=O)O)C(C)C. The van der Waals surface area contributed by atoms with Gasteiger partial charge in [0.2, 0.25) is 0 Å². The Balaban J connectivity index is 3.50. The normalized spacial score (nSPS) is 13.1. The minimum Gasteiger partial charge on any atom is -0.481 e. The highest BCUT2D eigenvalue weighted by Crippen LogP contribution is 2.17. The molecule has 1 N–H and O–H groups in total. The first-order chi connectivity index (χ1) is 7.09. The summed E-state index contributed by atoms with van der Waals surface area (Å²) in [6, 6.07) is 0. The highest BCUT2D eigenvalue weighted by molar-refractivity contribution is 5.70. The highest BCUT2D eigenvalue weighted by Gasteiger charge is 2.20. The van der Waals surface area contributed by atoms with Gasteiger partial charge in [0, 0.05) is 13.7 Å². The molecular weight excluding hydrogens is 196 g/mol. The Hall–Kier alpha value is -0.610. The van der Waals surface area contributed by atoms with Gasteiger partial charge in [-0.3, -0.25) is 4.79 Å². The van der Waals surface area contributed by atoms with Crippen molar-refractivity contribution in [1.29, 1.82) is 0 Å². The molecule has 0 aromatic rings. The summed E-state index contributed by atoms with van der Waals surface area (Å²) in [6.45, 7) is 5.65. The first-order valence-electron chi connectivity index (χ1n) is 5.39. The molecule has 0 saturated heterocycles. The number of ether oxygens (including phenoxy) is 2. The van der Waals surface area contributed by atoms with Crippen molar-refractivity contribution in [2.45, 2.75) is 26.7 Å². The van der Waals surface area contributed by atoms with E-state index in [1.165, 1.54) is 0 Å². The molecule has 0 amide bonds. The third kappa shape index (κ3) is 7.33. The quantitative estimate of drug-likeness (QED) is 0.599. The van der Waals surface area contributed by atoms with Crippen LogP contribution in [0.4, 0.5) is 0 Å². The molecule has 1 unspecified atom stereocenters. The van der Waals surface area contributed by atoms with Gasteiger partial charge in [0.1, 0.15) is 0 Å². The summed E-state index contributed by atoms with van der Waals surface area (Å²) < 4.78 is 10.1. The molecule has 0 rings (SSSR count). The van der Waals surface area contributed by atoms with Crippen molar-refractivity contribution < 1.29 is 19.4 Å². The fraction of sp³-hybridized carbons (Fsp3) is 0.909. The number of methoxy groups -OCH3 is 1. The molecule has 15 heavy (non-hydrogen) atoms. The van der Waals surface area contributed by atoms with Crippen LogP contribution < -0.4 is 0 Å². The largest absolute Gasteiger partial charge is 0.481 e. The summed E-state index contributed by atoms with van der Waals surface area (Å²) in [5.41, 5.74) is 0. The van der Waals surface area contributed by atoms with E-state index in [2.05, 4.69) is 0 Å². The molecule has 0 heterocycles. The van der Waals surface area contributed by atoms with Gasteiger partial charge >= 0.3 is 5.97 Å². The maximum Gasteiger partial charge on any atom is 0.306 e. The Bertz CT molecular complexity index is 168. The summed E-state index contributed by atoms with van der Waals surface area (Å²) in [4.78, 5) is 10.8. The summed E-state index contributed by atoms with van der Waals surface area (Å²) in [7, 11) is 1.63. The van der Waals surface area contributed by atoms with E-state index in [0.29, 0.717) is 26.2 Å². The van der Waals surface area contributed by atoms with Crippen LogP contribution in [0.15, 0.2) is 0 Å². The van der Waals surface area contributed by atoms with Crippen LogP contribution in [-0.4, -0.2) is 38.0 Å². The Morgan fingerprint density at radius 1 is 1.27 bits per heavy atom. The smallest absolute Gasteiger partial charge is 0.306 e. The van der Waals surface area contributed by atoms with Crippen molar-refractivity contribution in [2.24, 2.45) is 11.8 Å². The van der Waals surface area contributed by atoms with Gasteiger partial charge in [-0.2, -0.15) is 0 Å². The second kappa shape index (κ2) is 8.68. The minimum atomic E-state index is -0.707. The third-order valence-electron chi connectivity index (χ3n) is 2.36. The standard InChI is InChI=1S/C11H22O4/c1-9(2)10(11(12)13)5-4-6-15-8-7-14-3/h9-10H,4-8H2,1-3H3,(H,12,13). The van der Waals surface area contributed by atoms with Crippen LogP contribution in [0.5, 0.6) is 0 Å². The van der Waals surface area contributed by atoms with Crippen molar-refractivity contribution >= 4 is 5.97 Å². The van der Waals surface area contributed by atoms with E-state index < -0.39 is 5.97 Å². The van der Waals surface area contributed by atoms with E-state index in [1.807, 2.05) is 13.8 Å². The van der Waals surface area contributed by atoms with Crippen LogP contribution in [0.1, 0.15) is 26.7 Å². The molecule has 0 aliphatic heterocycles. The summed E-state index contributed by atoms with van der Waals surface area (Å²) in [5, 5.41) is 8.92. The topological polar surface area (TPSA) is 55.8 Å². The molecule has 0 bridgehead atoms. The number of carboxylic acid groups (broad SMARTS) is 1. The average Bonchev–Trinajstić information content (AvgIpc) is 2.15. The molecule has 4 nitrogen and oxygen atoms in total. The van der Waals surface area contributed by atoms with Gasteiger partial charge in [-0.1, -0.05) is 13.8 Å². The number of rotatable bonds is 9. The summed E-state index contributed by atoms with van der Waals surface area (Å²) >= 11 is 0. The van der Waals surface area contributed by atoms with Crippen LogP contribution >= 0.6 is 0 Å². The number of carbonyl (C=O) groups is 1. The Kier molecular flexibility index (Phi) is 8.33. The second-order valence-corrected chi connectivity index (χ2v) is 3.94. The second-order valence-electron chi connectivity index (χ2n) is 3.94. The van der Waals surface area contributed by atoms with E-state index in [-0.39, 0.29) is 11.8 Å². The van der Waals surface area contributed by atoms with Gasteiger partial charge in [-0.15, -0.1) is 0 Å². The van der Waals surface area contributed by atoms with E-state index in [0.717, 1.165) is 6.42 Å². The zero-order valence-corrected chi connectivity index (χ0v) is 9.86. The maximum absolute atomic E-state index is 10.8. The molecule has 0 aliphatic carbocycles. The molecule has 0 radical (unpaired) electrons. The Morgan fingerprint density at radius 2 is 1.93 bits per heavy atom. The Morgan fingerprint density at radius 3 is 2.40 bits per heavy atom. The summed E-state index contributed by atoms with van der Waals surface area (Å²) in [6.07, 6.45) is 1.47. The number of hydrogen-bond donors (Lipinski definition) is 1. The number of aliphatic carboxylic acids is 1. The van der Waals surface area contributed by atoms with Gasteiger partial charge in [-0.25, -0.2) is 0 Å². The molecule has 4 heteroatoms. The predicted molar refractivity (Wildman–Crippen MR) is 57.9 cm³/mol. The number of hydrogen-bond acceptors (Lipinski definition) is 3. The molecule has 90 valence electrons. The van der Waals surface area contributed by atoms with Crippen molar-refractivity contribution in [3.8, 4) is 0 Å². The van der Waals surface area contributed by atoms with Gasteiger partial charge in [-0.05, 0) is 18.8 Å². The molecule has 0 aromatic carbocycles. The Labute approximate surface area is 91.6 Å². The van der Waals surface area contributed by atoms with Gasteiger partial charge in [0.15, 0.2) is 0 Å². The molecule has 1 atom stereocenters. The lowest BCUT2D eigenvalue weighted by Crippen LogP contribution is -2.20. The van der Waals surface area contributed by atoms with E-state index in [1.54, 1.807) is 7.11 Å². The third-order valence-corrected chi connectivity index (χ3v) is 2.36. The average molecular weight is 218 g/mol. The van der Waals surface area contributed by atoms with Crippen molar-refractivity contribution in [3.63, 3.8) is 0 Å². The highest BCUT2D eigenvalue weighted by atomic mass is 16.5. The summed E-state index contributed by atoms with van der Waals surface area (Å²) in [5.74, 6) is -0.778. The monoisotopic (exact) mass is 218 g/mol. The molecule has 0 saturated carbocycles. The van der Waals surface area contributed by atoms with Crippen molar-refractivity contribution in [1.82, 2.24) is 0 Å². The van der Waals surface area contributed by atoms with Crippen LogP contribution in [0, 0.1) is 11.8 Å². The molecular formula is C11H22O4. The lowest BCUT2D eigenvalue weighted by molar-refractivity contribution is -0.143. The van der Waals surface area contributed by atoms with Crippen LogP contribution in [-0.2, 0) is 14.3 Å². The van der Waals surface area contributed by atoms with Crippen LogP contribution in [0.2, 0.25) is 0 Å². The fourth-order valence-electron chi connectivity index (χ4n) is 1.39. The lowest BCUT2D eigenvalue weighted by Gasteiger charge is -2.15. The van der Waals surface area contributed by atoms with Crippen molar-refractivity contribution in [2.75, 3.05) is 26.9 Å². The predicted octanol–water partition coefficient (Wildman–Crippen LogP) is 1.79. The lowest BCUT2D eigenvalue weighted by atomic mass is 9.91. The molecule has 0 aromatic heterocycles. The molecule has 0 fully saturated rings. The zero-order chi connectivity index (χ0) is 11.7. The number of carboxylic acids is 1. The van der Waals surface area contributed by atoms with Crippen LogP contribution in [0.25, 0.3) is 0 Å². The maximum atomic E-state index is 10.8. The first kappa shape index (κ1) is 14.4. The van der Waals surface area contributed by atoms with Crippen LogP contribution in [0.3, 0.4) is 0 Å². The van der Waals surface area contributed by atoms with Gasteiger partial charge in [0.05, 0.1) is 19.1 Å². The first-order valence-corrected chi connectivity index (χ1v) is 5.39. The van der Waals surface area contributed by atoms with Crippen molar-refractivity contribution in [3.05, 3.63) is 0 Å². The minimum absolute atomic E-state index is 0.182. The zero-order valence-electron chi connectivity index (χ0n) is 9.86. The molecule has 0 aliphatic rings. The van der Waals surface area contributed by atoms with E-state index in [4.69, 9.17) is 14.6 Å². The molecule has 0 spiro atoms. The van der Waals surface area contributed by atoms with Gasteiger partial charge in [0.25, 0.3) is 0 Å². The van der Waals surface area contributed by atoms with E-state index >= 15 is 0 Å². The van der Waals surface area contributed by atoms with Gasteiger partial charge < -0.3 is 14.6 Å². The van der Waals surface area contributed by atoms with E-state index in [9.17, 15) is 4.79 Å².